The highest BCUT2D eigenvalue weighted by Crippen LogP contribution is 2.33. The number of carbonyl (C=O) groups is 4. The number of imide groups is 1. The second kappa shape index (κ2) is 17.7. The van der Waals surface area contributed by atoms with Gasteiger partial charge in [0.1, 0.15) is 29.4 Å². The van der Waals surface area contributed by atoms with E-state index in [2.05, 4.69) is 20.2 Å². The van der Waals surface area contributed by atoms with Crippen molar-refractivity contribution in [3.8, 4) is 16.9 Å². The van der Waals surface area contributed by atoms with Gasteiger partial charge in [0.2, 0.25) is 17.6 Å². The molecule has 334 valence electrons. The number of benzene rings is 3. The second-order valence-electron chi connectivity index (χ2n) is 16.3. The fourth-order valence-electron chi connectivity index (χ4n) is 8.72. The maximum atomic E-state index is 15.7. The maximum Gasteiger partial charge on any atom is 0.301 e. The van der Waals surface area contributed by atoms with E-state index in [1.165, 1.54) is 11.1 Å². The molecule has 3 aromatic carbocycles. The molecule has 0 aliphatic carbocycles. The molecule has 3 amide bonds. The van der Waals surface area contributed by atoms with Gasteiger partial charge in [0.25, 0.3) is 5.91 Å². The molecule has 2 atom stereocenters. The average molecular weight is 900 g/mol. The molecule has 15 nitrogen and oxygen atoms in total. The molecule has 1 unspecified atom stereocenters. The summed E-state index contributed by atoms with van der Waals surface area (Å²) >= 11 is 0. The summed E-state index contributed by atoms with van der Waals surface area (Å²) < 4.78 is 85.1. The predicted molar refractivity (Wildman–Crippen MR) is 229 cm³/mol. The van der Waals surface area contributed by atoms with Crippen LogP contribution in [0.3, 0.4) is 0 Å². The van der Waals surface area contributed by atoms with E-state index in [-0.39, 0.29) is 49.4 Å². The first kappa shape index (κ1) is 43.0. The van der Waals surface area contributed by atoms with Crippen LogP contribution in [-0.4, -0.2) is 109 Å². The van der Waals surface area contributed by atoms with Crippen LogP contribution in [0.15, 0.2) is 73.1 Å². The van der Waals surface area contributed by atoms with Crippen LogP contribution in [0.2, 0.25) is 0 Å². The lowest BCUT2D eigenvalue weighted by molar-refractivity contribution is -0.136. The van der Waals surface area contributed by atoms with Crippen molar-refractivity contribution in [2.45, 2.75) is 63.4 Å². The van der Waals surface area contributed by atoms with Crippen LogP contribution in [0.25, 0.3) is 22.2 Å². The number of carbonyl (C=O) groups excluding carboxylic acids is 4. The molecule has 9 rings (SSSR count). The molecule has 0 saturated carbocycles. The van der Waals surface area contributed by atoms with Crippen molar-refractivity contribution < 1.29 is 50.2 Å². The number of H-pyrrole nitrogens is 1. The number of alkyl halides is 1. The lowest BCUT2D eigenvalue weighted by atomic mass is 9.99. The average Bonchev–Trinajstić information content (AvgIpc) is 4.01. The summed E-state index contributed by atoms with van der Waals surface area (Å²) in [6, 6.07) is 15.9. The number of nitrogens with one attached hydrogen (secondary N) is 3. The Morgan fingerprint density at radius 3 is 2.47 bits per heavy atom. The van der Waals surface area contributed by atoms with Crippen molar-refractivity contribution in [2.75, 3.05) is 49.0 Å². The molecule has 3 N–H and O–H groups in total. The SMILES string of the molecule is O=C1CCC(N2Cc3cc(OCCCOC4CCN(c5ccc(-c6cnc7[nH]cc(C(=O)c8c(F)ccc(NS(=O)(=O)N9CC[C@@H](F)C9)c8F)c7c6)cc5)CC4)ccc3C2=O)C(=O)N1. The third-order valence-corrected chi connectivity index (χ3v) is 13.7. The van der Waals surface area contributed by atoms with E-state index < -0.39 is 63.5 Å². The molecule has 0 spiro atoms. The Morgan fingerprint density at radius 1 is 0.922 bits per heavy atom. The number of ketones is 1. The molecule has 4 aliphatic heterocycles. The minimum Gasteiger partial charge on any atom is -0.493 e. The Balaban J connectivity index is 0.759. The summed E-state index contributed by atoms with van der Waals surface area (Å²) in [7, 11) is -4.36. The van der Waals surface area contributed by atoms with Gasteiger partial charge in [-0.15, -0.1) is 0 Å². The van der Waals surface area contributed by atoms with E-state index in [0.29, 0.717) is 54.0 Å². The van der Waals surface area contributed by atoms with Crippen LogP contribution in [0.1, 0.15) is 70.4 Å². The van der Waals surface area contributed by atoms with Gasteiger partial charge in [-0.3, -0.25) is 29.2 Å². The quantitative estimate of drug-likeness (QED) is 0.0715. The third-order valence-electron chi connectivity index (χ3n) is 12.2. The Kier molecular flexibility index (Phi) is 11.9. The molecule has 5 aromatic rings. The van der Waals surface area contributed by atoms with Crippen molar-refractivity contribution in [3.05, 3.63) is 107 Å². The summed E-state index contributed by atoms with van der Waals surface area (Å²) in [4.78, 5) is 61.7. The number of anilines is 2. The van der Waals surface area contributed by atoms with Gasteiger partial charge in [0, 0.05) is 85.7 Å². The predicted octanol–water partition coefficient (Wildman–Crippen LogP) is 5.66. The molecular weight excluding hydrogens is 856 g/mol. The maximum absolute atomic E-state index is 15.7. The molecular formula is C45H44F3N7O8S. The van der Waals surface area contributed by atoms with E-state index in [4.69, 9.17) is 9.47 Å². The van der Waals surface area contributed by atoms with E-state index in [9.17, 15) is 32.0 Å². The number of fused-ring (bicyclic) bond motifs is 2. The summed E-state index contributed by atoms with van der Waals surface area (Å²) in [5.41, 5.74) is 2.47. The summed E-state index contributed by atoms with van der Waals surface area (Å²) in [5.74, 6) is -3.95. The molecule has 6 heterocycles. The van der Waals surface area contributed by atoms with Crippen molar-refractivity contribution in [2.24, 2.45) is 0 Å². The highest BCUT2D eigenvalue weighted by Gasteiger charge is 2.39. The number of rotatable bonds is 14. The second-order valence-corrected chi connectivity index (χ2v) is 18.0. The van der Waals surface area contributed by atoms with Gasteiger partial charge in [-0.1, -0.05) is 12.1 Å². The first-order chi connectivity index (χ1) is 30.8. The molecule has 3 saturated heterocycles. The van der Waals surface area contributed by atoms with Gasteiger partial charge in [0.05, 0.1) is 30.6 Å². The van der Waals surface area contributed by atoms with E-state index in [0.717, 1.165) is 59.2 Å². The van der Waals surface area contributed by atoms with Crippen molar-refractivity contribution in [1.29, 1.82) is 0 Å². The molecule has 0 bridgehead atoms. The Hall–Kier alpha value is -6.31. The molecule has 4 aliphatic rings. The number of halogens is 3. The zero-order chi connectivity index (χ0) is 44.7. The molecule has 0 radical (unpaired) electrons. The number of hydrogen-bond donors (Lipinski definition) is 3. The monoisotopic (exact) mass is 899 g/mol. The van der Waals surface area contributed by atoms with Crippen LogP contribution in [-0.2, 0) is 31.1 Å². The fourth-order valence-corrected chi connectivity index (χ4v) is 9.99. The first-order valence-electron chi connectivity index (χ1n) is 21.1. The number of ether oxygens (including phenoxy) is 2. The number of aromatic nitrogens is 2. The smallest absolute Gasteiger partial charge is 0.301 e. The Labute approximate surface area is 366 Å². The van der Waals surface area contributed by atoms with Crippen LogP contribution in [0, 0.1) is 11.6 Å². The fraction of sp³-hybridized carbons (Fsp3) is 0.356. The molecule has 3 fully saturated rings. The van der Waals surface area contributed by atoms with Crippen molar-refractivity contribution in [3.63, 3.8) is 0 Å². The van der Waals surface area contributed by atoms with E-state index in [1.54, 1.807) is 24.4 Å². The number of amides is 3. The summed E-state index contributed by atoms with van der Waals surface area (Å²) in [6.07, 6.45) is 4.53. The van der Waals surface area contributed by atoms with Gasteiger partial charge >= 0.3 is 10.2 Å². The zero-order valence-corrected chi connectivity index (χ0v) is 35.3. The Bertz CT molecular complexity index is 2760. The molecule has 19 heteroatoms. The number of piperidine rings is 2. The van der Waals surface area contributed by atoms with E-state index >= 15 is 8.78 Å². The summed E-state index contributed by atoms with van der Waals surface area (Å²) in [5, 5.41) is 2.63. The largest absolute Gasteiger partial charge is 0.493 e. The van der Waals surface area contributed by atoms with Gasteiger partial charge < -0.3 is 24.3 Å². The minimum absolute atomic E-state index is 0.00172. The topological polar surface area (TPSA) is 183 Å². The molecule has 2 aromatic heterocycles. The van der Waals surface area contributed by atoms with Crippen LogP contribution in [0.5, 0.6) is 5.75 Å². The van der Waals surface area contributed by atoms with Gasteiger partial charge in [-0.2, -0.15) is 12.7 Å². The molecule has 64 heavy (non-hydrogen) atoms. The summed E-state index contributed by atoms with van der Waals surface area (Å²) in [6.45, 7) is 2.33. The Morgan fingerprint density at radius 2 is 1.72 bits per heavy atom. The number of pyridine rings is 1. The van der Waals surface area contributed by atoms with Gasteiger partial charge in [-0.25, -0.2) is 18.2 Å². The number of hydrogen-bond acceptors (Lipinski definition) is 10. The first-order valence-corrected chi connectivity index (χ1v) is 22.6. The standard InChI is InChI=1S/C45H44F3N7O8S/c46-29-12-17-54(25-29)64(60,61)52-37-9-8-36(47)40(41(37)48)42(57)35-23-50-43-34(35)21-27(22-49-43)26-2-4-30(5-3-26)53-15-13-31(14-16-53)62-18-1-19-63-32-6-7-33-28(20-32)24-55(45(33)59)38-10-11-39(56)51-44(38)58/h2-9,20-23,29,31,38,52H,1,10-19,24-25H2,(H,49,50)(H,51,56,58)/t29-,38?/m1/s1. The van der Waals surface area contributed by atoms with Gasteiger partial charge in [-0.05, 0) is 85.3 Å². The third kappa shape index (κ3) is 8.66. The van der Waals surface area contributed by atoms with Crippen LogP contribution in [0.4, 0.5) is 24.5 Å². The highest BCUT2D eigenvalue weighted by molar-refractivity contribution is 7.90. The van der Waals surface area contributed by atoms with Crippen molar-refractivity contribution in [1.82, 2.24) is 24.5 Å². The normalized spacial score (nSPS) is 19.6. The number of nitrogens with zero attached hydrogens (tertiary/aromatic N) is 4. The highest BCUT2D eigenvalue weighted by atomic mass is 32.2. The van der Waals surface area contributed by atoms with Crippen LogP contribution >= 0.6 is 0 Å². The lowest BCUT2D eigenvalue weighted by Crippen LogP contribution is -2.52. The van der Waals surface area contributed by atoms with E-state index in [1.807, 2.05) is 35.1 Å². The van der Waals surface area contributed by atoms with Gasteiger partial charge in [0.15, 0.2) is 5.82 Å². The van der Waals surface area contributed by atoms with Crippen LogP contribution < -0.4 is 19.7 Å². The number of aromatic amines is 1. The lowest BCUT2D eigenvalue weighted by Gasteiger charge is -2.33. The zero-order valence-electron chi connectivity index (χ0n) is 34.4. The van der Waals surface area contributed by atoms with Crippen molar-refractivity contribution >= 4 is 56.1 Å². The minimum atomic E-state index is -4.36.